The summed E-state index contributed by atoms with van der Waals surface area (Å²) in [6.45, 7) is 2.42. The van der Waals surface area contributed by atoms with Crippen LogP contribution in [0.25, 0.3) is 10.9 Å². The predicted molar refractivity (Wildman–Crippen MR) is 88.6 cm³/mol. The van der Waals surface area contributed by atoms with Crippen LogP contribution in [0.5, 0.6) is 0 Å². The zero-order valence-electron chi connectivity index (χ0n) is 14.1. The molecule has 0 N–H and O–H groups in total. The van der Waals surface area contributed by atoms with Gasteiger partial charge in [-0.25, -0.2) is 0 Å². The molecule has 8 heteroatoms. The van der Waals surface area contributed by atoms with E-state index in [1.54, 1.807) is 29.8 Å². The van der Waals surface area contributed by atoms with Crippen LogP contribution in [0.15, 0.2) is 35.0 Å². The van der Waals surface area contributed by atoms with Gasteiger partial charge in [0.25, 0.3) is 0 Å². The van der Waals surface area contributed by atoms with Crippen molar-refractivity contribution in [3.63, 3.8) is 0 Å². The summed E-state index contributed by atoms with van der Waals surface area (Å²) in [4.78, 5) is 19.0. The number of carbonyl (C=O) groups is 1. The van der Waals surface area contributed by atoms with Crippen LogP contribution in [-0.4, -0.2) is 50.5 Å². The number of carbonyl (C=O) groups excluding carboxylic acids is 1. The maximum absolute atomic E-state index is 12.9. The number of para-hydroxylation sites is 1. The van der Waals surface area contributed by atoms with E-state index in [4.69, 9.17) is 9.26 Å². The lowest BCUT2D eigenvalue weighted by Gasteiger charge is -2.21. The molecule has 130 valence electrons. The monoisotopic (exact) mass is 341 g/mol. The number of amides is 1. The molecule has 1 aliphatic rings. The molecule has 0 saturated carbocycles. The van der Waals surface area contributed by atoms with Gasteiger partial charge in [0.2, 0.25) is 11.8 Å². The van der Waals surface area contributed by atoms with Gasteiger partial charge in [-0.3, -0.25) is 9.48 Å². The molecule has 2 atom stereocenters. The summed E-state index contributed by atoms with van der Waals surface area (Å²) in [5.74, 6) is 0.964. The molecule has 3 aromatic rings. The lowest BCUT2D eigenvalue weighted by Crippen LogP contribution is -2.35. The van der Waals surface area contributed by atoms with Crippen molar-refractivity contribution < 1.29 is 14.1 Å². The fourth-order valence-electron chi connectivity index (χ4n) is 3.30. The Morgan fingerprint density at radius 1 is 1.40 bits per heavy atom. The van der Waals surface area contributed by atoms with E-state index in [1.807, 2.05) is 24.3 Å². The molecule has 8 nitrogen and oxygen atoms in total. The Morgan fingerprint density at radius 3 is 3.00 bits per heavy atom. The van der Waals surface area contributed by atoms with Gasteiger partial charge in [-0.2, -0.15) is 10.1 Å². The molecule has 1 aromatic carbocycles. The molecule has 1 fully saturated rings. The molecule has 4 rings (SSSR count). The van der Waals surface area contributed by atoms with Crippen molar-refractivity contribution in [2.75, 3.05) is 13.7 Å². The molecule has 1 amide bonds. The normalized spacial score (nSPS) is 20.5. The molecule has 0 spiro atoms. The number of aryl methyl sites for hydroxylation is 1. The first-order valence-corrected chi connectivity index (χ1v) is 8.18. The molecule has 0 aliphatic carbocycles. The van der Waals surface area contributed by atoms with Gasteiger partial charge in [0, 0.05) is 25.5 Å². The van der Waals surface area contributed by atoms with E-state index in [2.05, 4.69) is 15.2 Å². The van der Waals surface area contributed by atoms with Crippen LogP contribution in [0.4, 0.5) is 0 Å². The van der Waals surface area contributed by atoms with Gasteiger partial charge in [-0.1, -0.05) is 23.4 Å². The summed E-state index contributed by atoms with van der Waals surface area (Å²) in [5, 5.41) is 9.18. The zero-order valence-corrected chi connectivity index (χ0v) is 14.1. The van der Waals surface area contributed by atoms with Gasteiger partial charge >= 0.3 is 0 Å². The highest BCUT2D eigenvalue weighted by Gasteiger charge is 2.39. The smallest absolute Gasteiger partial charge is 0.249 e. The Bertz CT molecular complexity index is 902. The first kappa shape index (κ1) is 15.8. The predicted octanol–water partition coefficient (Wildman–Crippen LogP) is 1.72. The third kappa shape index (κ3) is 2.89. The lowest BCUT2D eigenvalue weighted by atomic mass is 10.2. The molecular weight excluding hydrogens is 322 g/mol. The van der Waals surface area contributed by atoms with Crippen LogP contribution >= 0.6 is 0 Å². The minimum absolute atomic E-state index is 0.0458. The average molecular weight is 341 g/mol. The van der Waals surface area contributed by atoms with Crippen LogP contribution in [0, 0.1) is 6.92 Å². The average Bonchev–Trinajstić information content (AvgIpc) is 3.33. The molecule has 25 heavy (non-hydrogen) atoms. The van der Waals surface area contributed by atoms with Crippen LogP contribution < -0.4 is 0 Å². The van der Waals surface area contributed by atoms with E-state index in [0.29, 0.717) is 24.7 Å². The standard InChI is InChI=1S/C17H19N5O3/c1-11-19-17(25-20-11)15-7-13(24-2)9-21(15)16(23)10-22-14-6-4-3-5-12(14)8-18-22/h3-6,8,13,15H,7,9-10H2,1-2H3/t13-,15+/m0/s1. The van der Waals surface area contributed by atoms with E-state index in [0.717, 1.165) is 10.9 Å². The van der Waals surface area contributed by atoms with Crippen molar-refractivity contribution in [3.8, 4) is 0 Å². The second-order valence-electron chi connectivity index (χ2n) is 6.20. The number of benzene rings is 1. The van der Waals surface area contributed by atoms with Gasteiger partial charge in [0.1, 0.15) is 12.6 Å². The highest BCUT2D eigenvalue weighted by molar-refractivity contribution is 5.82. The topological polar surface area (TPSA) is 86.3 Å². The Balaban J connectivity index is 1.58. The van der Waals surface area contributed by atoms with Crippen LogP contribution in [0.2, 0.25) is 0 Å². The quantitative estimate of drug-likeness (QED) is 0.718. The van der Waals surface area contributed by atoms with E-state index in [1.165, 1.54) is 0 Å². The second-order valence-corrected chi connectivity index (χ2v) is 6.20. The number of fused-ring (bicyclic) bond motifs is 1. The summed E-state index contributed by atoms with van der Waals surface area (Å²) >= 11 is 0. The maximum atomic E-state index is 12.9. The number of rotatable bonds is 4. The maximum Gasteiger partial charge on any atom is 0.249 e. The molecule has 1 saturated heterocycles. The number of methoxy groups -OCH3 is 1. The third-order valence-electron chi connectivity index (χ3n) is 4.58. The summed E-state index contributed by atoms with van der Waals surface area (Å²) < 4.78 is 12.5. The van der Waals surface area contributed by atoms with Crippen molar-refractivity contribution in [2.24, 2.45) is 0 Å². The molecule has 0 bridgehead atoms. The first-order valence-electron chi connectivity index (χ1n) is 8.18. The second kappa shape index (κ2) is 6.29. The molecule has 3 heterocycles. The fourth-order valence-corrected chi connectivity index (χ4v) is 3.30. The van der Waals surface area contributed by atoms with Gasteiger partial charge in [0.15, 0.2) is 5.82 Å². The molecule has 2 aromatic heterocycles. The summed E-state index contributed by atoms with van der Waals surface area (Å²) in [5.41, 5.74) is 0.934. The molecular formula is C17H19N5O3. The molecule has 0 unspecified atom stereocenters. The zero-order chi connectivity index (χ0) is 17.4. The van der Waals surface area contributed by atoms with E-state index in [-0.39, 0.29) is 24.6 Å². The Kier molecular flexibility index (Phi) is 3.96. The van der Waals surface area contributed by atoms with Crippen LogP contribution in [0.1, 0.15) is 24.2 Å². The van der Waals surface area contributed by atoms with Crippen LogP contribution in [-0.2, 0) is 16.1 Å². The summed E-state index contributed by atoms with van der Waals surface area (Å²) in [6, 6.07) is 7.56. The SMILES string of the molecule is CO[C@H]1C[C@H](c2nc(C)no2)N(C(=O)Cn2ncc3ccccc32)C1. The Hall–Kier alpha value is -2.74. The van der Waals surface area contributed by atoms with Crippen molar-refractivity contribution in [1.82, 2.24) is 24.8 Å². The third-order valence-corrected chi connectivity index (χ3v) is 4.58. The number of nitrogens with zero attached hydrogens (tertiary/aromatic N) is 5. The van der Waals surface area contributed by atoms with Gasteiger partial charge in [-0.05, 0) is 13.0 Å². The molecule has 1 aliphatic heterocycles. The number of hydrogen-bond donors (Lipinski definition) is 0. The summed E-state index contributed by atoms with van der Waals surface area (Å²) in [7, 11) is 1.65. The van der Waals surface area contributed by atoms with E-state index >= 15 is 0 Å². The van der Waals surface area contributed by atoms with Crippen molar-refractivity contribution in [1.29, 1.82) is 0 Å². The summed E-state index contributed by atoms with van der Waals surface area (Å²) in [6.07, 6.45) is 2.36. The van der Waals surface area contributed by atoms with Gasteiger partial charge in [0.05, 0.1) is 17.8 Å². The van der Waals surface area contributed by atoms with Crippen molar-refractivity contribution >= 4 is 16.8 Å². The highest BCUT2D eigenvalue weighted by atomic mass is 16.5. The number of ether oxygens (including phenoxy) is 1. The van der Waals surface area contributed by atoms with E-state index in [9.17, 15) is 4.79 Å². The van der Waals surface area contributed by atoms with Crippen molar-refractivity contribution in [2.45, 2.75) is 32.0 Å². The molecule has 0 radical (unpaired) electrons. The van der Waals surface area contributed by atoms with Crippen LogP contribution in [0.3, 0.4) is 0 Å². The Morgan fingerprint density at radius 2 is 2.24 bits per heavy atom. The minimum atomic E-state index is -0.263. The van der Waals surface area contributed by atoms with E-state index < -0.39 is 0 Å². The first-order chi connectivity index (χ1) is 12.2. The van der Waals surface area contributed by atoms with Gasteiger partial charge in [-0.15, -0.1) is 0 Å². The number of likely N-dealkylation sites (tertiary alicyclic amines) is 1. The fraction of sp³-hybridized carbons (Fsp3) is 0.412. The van der Waals surface area contributed by atoms with Crippen molar-refractivity contribution in [3.05, 3.63) is 42.2 Å². The number of aromatic nitrogens is 4. The lowest BCUT2D eigenvalue weighted by molar-refractivity contribution is -0.133. The minimum Gasteiger partial charge on any atom is -0.380 e. The largest absolute Gasteiger partial charge is 0.380 e. The number of hydrogen-bond acceptors (Lipinski definition) is 6. The van der Waals surface area contributed by atoms with Gasteiger partial charge < -0.3 is 14.2 Å². The highest BCUT2D eigenvalue weighted by Crippen LogP contribution is 2.32. The Labute approximate surface area is 144 Å².